The van der Waals surface area contributed by atoms with Crippen molar-refractivity contribution in [2.45, 2.75) is 31.7 Å². The van der Waals surface area contributed by atoms with Gasteiger partial charge in [0.1, 0.15) is 5.01 Å². The Balaban J connectivity index is 1.57. The standard InChI is InChI=1S/C13H16N4OS/c18-11-4-1-3-10(15-11)13-17-16-12(19-13)5-2-8-14-9-6-7-9/h1,3-4,9,14H,2,5-8H2,(H,15,18). The molecule has 0 unspecified atom stereocenters. The number of aromatic nitrogens is 3. The highest BCUT2D eigenvalue weighted by atomic mass is 32.1. The Labute approximate surface area is 115 Å². The molecule has 0 spiro atoms. The lowest BCUT2D eigenvalue weighted by Crippen LogP contribution is -2.17. The summed E-state index contributed by atoms with van der Waals surface area (Å²) in [4.78, 5) is 14.0. The largest absolute Gasteiger partial charge is 0.320 e. The van der Waals surface area contributed by atoms with E-state index in [0.29, 0.717) is 0 Å². The van der Waals surface area contributed by atoms with Crippen LogP contribution in [0.2, 0.25) is 0 Å². The third-order valence-electron chi connectivity index (χ3n) is 3.04. The molecule has 6 heteroatoms. The Bertz CT molecular complexity index is 602. The molecule has 0 aromatic carbocycles. The Kier molecular flexibility index (Phi) is 3.70. The fourth-order valence-corrected chi connectivity index (χ4v) is 2.73. The monoisotopic (exact) mass is 276 g/mol. The Morgan fingerprint density at radius 3 is 3.05 bits per heavy atom. The maximum absolute atomic E-state index is 11.2. The smallest absolute Gasteiger partial charge is 0.248 e. The van der Waals surface area contributed by atoms with Crippen LogP contribution >= 0.6 is 11.3 Å². The van der Waals surface area contributed by atoms with Crippen molar-refractivity contribution in [2.24, 2.45) is 0 Å². The molecule has 0 radical (unpaired) electrons. The molecule has 0 atom stereocenters. The molecule has 1 saturated carbocycles. The molecule has 1 fully saturated rings. The third-order valence-corrected chi connectivity index (χ3v) is 4.06. The lowest BCUT2D eigenvalue weighted by molar-refractivity contribution is 0.643. The highest BCUT2D eigenvalue weighted by Gasteiger charge is 2.19. The van der Waals surface area contributed by atoms with Crippen LogP contribution in [0.4, 0.5) is 0 Å². The van der Waals surface area contributed by atoms with Gasteiger partial charge in [-0.25, -0.2) is 0 Å². The quantitative estimate of drug-likeness (QED) is 0.786. The van der Waals surface area contributed by atoms with E-state index in [9.17, 15) is 4.79 Å². The molecule has 5 nitrogen and oxygen atoms in total. The molecular weight excluding hydrogens is 260 g/mol. The van der Waals surface area contributed by atoms with Crippen molar-refractivity contribution < 1.29 is 0 Å². The van der Waals surface area contributed by atoms with E-state index in [0.717, 1.165) is 41.1 Å². The molecule has 2 aromatic heterocycles. The van der Waals surface area contributed by atoms with Gasteiger partial charge in [0.15, 0.2) is 5.01 Å². The average Bonchev–Trinajstić information content (AvgIpc) is 3.11. The van der Waals surface area contributed by atoms with Crippen LogP contribution in [-0.4, -0.2) is 27.8 Å². The van der Waals surface area contributed by atoms with E-state index in [1.54, 1.807) is 17.4 Å². The molecule has 2 N–H and O–H groups in total. The summed E-state index contributed by atoms with van der Waals surface area (Å²) in [7, 11) is 0. The number of pyridine rings is 1. The minimum Gasteiger partial charge on any atom is -0.320 e. The van der Waals surface area contributed by atoms with E-state index < -0.39 is 0 Å². The third kappa shape index (κ3) is 3.48. The highest BCUT2D eigenvalue weighted by molar-refractivity contribution is 7.14. The van der Waals surface area contributed by atoms with Crippen molar-refractivity contribution in [1.82, 2.24) is 20.5 Å². The first-order chi connectivity index (χ1) is 9.31. The molecule has 2 heterocycles. The zero-order chi connectivity index (χ0) is 13.1. The van der Waals surface area contributed by atoms with Crippen LogP contribution in [0.1, 0.15) is 24.3 Å². The number of rotatable bonds is 6. The van der Waals surface area contributed by atoms with Crippen molar-refractivity contribution in [1.29, 1.82) is 0 Å². The van der Waals surface area contributed by atoms with Crippen LogP contribution < -0.4 is 10.9 Å². The van der Waals surface area contributed by atoms with E-state index in [1.807, 2.05) is 6.07 Å². The SMILES string of the molecule is O=c1cccc(-c2nnc(CCCNC3CC3)s2)[nH]1. The molecule has 1 aliphatic rings. The lowest BCUT2D eigenvalue weighted by atomic mass is 10.3. The lowest BCUT2D eigenvalue weighted by Gasteiger charge is -1.99. The van der Waals surface area contributed by atoms with Gasteiger partial charge in [0.05, 0.1) is 5.69 Å². The van der Waals surface area contributed by atoms with Gasteiger partial charge in [0, 0.05) is 18.5 Å². The molecule has 0 saturated heterocycles. The number of H-pyrrole nitrogens is 1. The topological polar surface area (TPSA) is 70.7 Å². The van der Waals surface area contributed by atoms with Crippen LogP contribution in [-0.2, 0) is 6.42 Å². The predicted molar refractivity (Wildman–Crippen MR) is 75.3 cm³/mol. The van der Waals surface area contributed by atoms with Gasteiger partial charge < -0.3 is 10.3 Å². The van der Waals surface area contributed by atoms with Crippen LogP contribution in [0.5, 0.6) is 0 Å². The number of hydrogen-bond acceptors (Lipinski definition) is 5. The molecule has 0 bridgehead atoms. The minimum absolute atomic E-state index is 0.108. The number of nitrogens with one attached hydrogen (secondary N) is 2. The summed E-state index contributed by atoms with van der Waals surface area (Å²) < 4.78 is 0. The second-order valence-electron chi connectivity index (χ2n) is 4.76. The maximum atomic E-state index is 11.2. The first-order valence-corrected chi connectivity index (χ1v) is 7.38. The van der Waals surface area contributed by atoms with E-state index in [4.69, 9.17) is 0 Å². The summed E-state index contributed by atoms with van der Waals surface area (Å²) in [5.41, 5.74) is 0.634. The van der Waals surface area contributed by atoms with Gasteiger partial charge in [0.25, 0.3) is 0 Å². The van der Waals surface area contributed by atoms with Crippen molar-refractivity contribution in [3.8, 4) is 10.7 Å². The fourth-order valence-electron chi connectivity index (χ4n) is 1.87. The number of nitrogens with zero attached hydrogens (tertiary/aromatic N) is 2. The first kappa shape index (κ1) is 12.5. The van der Waals surface area contributed by atoms with Crippen molar-refractivity contribution >= 4 is 11.3 Å². The molecule has 1 aliphatic carbocycles. The van der Waals surface area contributed by atoms with Crippen LogP contribution in [0, 0.1) is 0 Å². The fraction of sp³-hybridized carbons (Fsp3) is 0.462. The highest BCUT2D eigenvalue weighted by Crippen LogP contribution is 2.21. The van der Waals surface area contributed by atoms with Gasteiger partial charge in [-0.15, -0.1) is 10.2 Å². The molecule has 19 heavy (non-hydrogen) atoms. The first-order valence-electron chi connectivity index (χ1n) is 6.57. The second-order valence-corrected chi connectivity index (χ2v) is 5.82. The summed E-state index contributed by atoms with van der Waals surface area (Å²) in [6.45, 7) is 1.04. The number of aryl methyl sites for hydroxylation is 1. The summed E-state index contributed by atoms with van der Waals surface area (Å²) in [5.74, 6) is 0. The summed E-state index contributed by atoms with van der Waals surface area (Å²) in [6.07, 6.45) is 4.67. The molecule has 3 rings (SSSR count). The summed E-state index contributed by atoms with van der Waals surface area (Å²) in [6, 6.07) is 5.84. The molecule has 0 aliphatic heterocycles. The second kappa shape index (κ2) is 5.63. The van der Waals surface area contributed by atoms with Crippen molar-refractivity contribution in [3.63, 3.8) is 0 Å². The Morgan fingerprint density at radius 2 is 2.26 bits per heavy atom. The molecule has 100 valence electrons. The minimum atomic E-state index is -0.108. The maximum Gasteiger partial charge on any atom is 0.248 e. The van der Waals surface area contributed by atoms with Gasteiger partial charge in [0.2, 0.25) is 5.56 Å². The van der Waals surface area contributed by atoms with Crippen molar-refractivity contribution in [2.75, 3.05) is 6.54 Å². The van der Waals surface area contributed by atoms with E-state index in [2.05, 4.69) is 20.5 Å². The Morgan fingerprint density at radius 1 is 1.37 bits per heavy atom. The van der Waals surface area contributed by atoms with Gasteiger partial charge in [-0.2, -0.15) is 0 Å². The summed E-state index contributed by atoms with van der Waals surface area (Å²) >= 11 is 1.55. The number of aromatic amines is 1. The van der Waals surface area contributed by atoms with Gasteiger partial charge in [-0.1, -0.05) is 17.4 Å². The number of hydrogen-bond donors (Lipinski definition) is 2. The van der Waals surface area contributed by atoms with E-state index in [1.165, 1.54) is 18.9 Å². The van der Waals surface area contributed by atoms with Crippen LogP contribution in [0.25, 0.3) is 10.7 Å². The van der Waals surface area contributed by atoms with E-state index in [-0.39, 0.29) is 5.56 Å². The van der Waals surface area contributed by atoms with E-state index >= 15 is 0 Å². The van der Waals surface area contributed by atoms with Crippen molar-refractivity contribution in [3.05, 3.63) is 33.6 Å². The van der Waals surface area contributed by atoms with Crippen LogP contribution in [0.3, 0.4) is 0 Å². The zero-order valence-corrected chi connectivity index (χ0v) is 11.4. The van der Waals surface area contributed by atoms with Gasteiger partial charge in [-0.05, 0) is 31.9 Å². The van der Waals surface area contributed by atoms with Gasteiger partial charge >= 0.3 is 0 Å². The average molecular weight is 276 g/mol. The zero-order valence-electron chi connectivity index (χ0n) is 10.6. The molecule has 2 aromatic rings. The van der Waals surface area contributed by atoms with Gasteiger partial charge in [-0.3, -0.25) is 4.79 Å². The normalized spacial score (nSPS) is 14.7. The van der Waals surface area contributed by atoms with Crippen LogP contribution in [0.15, 0.2) is 23.0 Å². The predicted octanol–water partition coefficient (Wildman–Crippen LogP) is 1.58. The Hall–Kier alpha value is -1.53. The molecule has 0 amide bonds. The molecular formula is C13H16N4OS. The summed E-state index contributed by atoms with van der Waals surface area (Å²) in [5, 5.41) is 13.6.